The molecule has 0 saturated carbocycles. The molecule has 1 aliphatic rings. The zero-order valence-corrected chi connectivity index (χ0v) is 18.2. The van der Waals surface area contributed by atoms with Crippen molar-refractivity contribution >= 4 is 11.9 Å². The number of carbonyl (C=O) groups excluding carboxylic acids is 1. The number of nitrogens with zero attached hydrogens (tertiary/aromatic N) is 2. The lowest BCUT2D eigenvalue weighted by atomic mass is 9.90. The van der Waals surface area contributed by atoms with E-state index < -0.39 is 11.9 Å². The normalized spacial score (nSPS) is 15.4. The Morgan fingerprint density at radius 1 is 1.00 bits per heavy atom. The van der Waals surface area contributed by atoms with Crippen LogP contribution in [0, 0.1) is 0 Å². The van der Waals surface area contributed by atoms with Crippen molar-refractivity contribution in [3.05, 3.63) is 42.2 Å². The highest BCUT2D eigenvalue weighted by Crippen LogP contribution is 2.41. The molecular formula is C23H30N2O6. The van der Waals surface area contributed by atoms with Crippen LogP contribution in [0.25, 0.3) is 0 Å². The molecule has 2 heterocycles. The molecule has 1 N–H and O–H groups in total. The molecule has 8 nitrogen and oxygen atoms in total. The molecule has 1 aromatic carbocycles. The van der Waals surface area contributed by atoms with Crippen LogP contribution in [0.5, 0.6) is 17.2 Å². The summed E-state index contributed by atoms with van der Waals surface area (Å²) in [7, 11) is 4.52. The second-order valence-corrected chi connectivity index (χ2v) is 7.70. The molecule has 168 valence electrons. The third kappa shape index (κ3) is 5.31. The van der Waals surface area contributed by atoms with E-state index in [4.69, 9.17) is 14.2 Å². The topological polar surface area (TPSA) is 90.2 Å². The van der Waals surface area contributed by atoms with Crippen molar-refractivity contribution in [2.24, 2.45) is 0 Å². The van der Waals surface area contributed by atoms with Crippen LogP contribution in [0.3, 0.4) is 0 Å². The van der Waals surface area contributed by atoms with Gasteiger partial charge < -0.3 is 28.8 Å². The molecule has 0 radical (unpaired) electrons. The van der Waals surface area contributed by atoms with Gasteiger partial charge in [0.1, 0.15) is 0 Å². The number of likely N-dealkylation sites (tertiary alicyclic amines) is 1. The largest absolute Gasteiger partial charge is 0.493 e. The van der Waals surface area contributed by atoms with Crippen molar-refractivity contribution < 1.29 is 28.9 Å². The number of ether oxygens (including phenoxy) is 3. The van der Waals surface area contributed by atoms with Crippen molar-refractivity contribution in [1.82, 2.24) is 9.47 Å². The summed E-state index contributed by atoms with van der Waals surface area (Å²) in [4.78, 5) is 26.4. The van der Waals surface area contributed by atoms with Gasteiger partial charge in [0.15, 0.2) is 11.5 Å². The lowest BCUT2D eigenvalue weighted by Crippen LogP contribution is -2.39. The van der Waals surface area contributed by atoms with Gasteiger partial charge in [0.25, 0.3) is 0 Å². The SMILES string of the molecule is COc1cc(C(CC(=O)O)CC(=O)N2CCC(n3cccc3)CC2)cc(OC)c1OC. The van der Waals surface area contributed by atoms with Gasteiger partial charge in [-0.25, -0.2) is 0 Å². The summed E-state index contributed by atoms with van der Waals surface area (Å²) in [5, 5.41) is 9.45. The number of carboxylic acids is 1. The Morgan fingerprint density at radius 3 is 2.06 bits per heavy atom. The molecular weight excluding hydrogens is 400 g/mol. The number of aromatic nitrogens is 1. The van der Waals surface area contributed by atoms with E-state index in [-0.39, 0.29) is 18.7 Å². The number of carbonyl (C=O) groups is 2. The second-order valence-electron chi connectivity index (χ2n) is 7.70. The number of aliphatic carboxylic acids is 1. The third-order valence-electron chi connectivity index (χ3n) is 5.87. The number of hydrogen-bond acceptors (Lipinski definition) is 5. The maximum atomic E-state index is 13.0. The van der Waals surface area contributed by atoms with E-state index in [1.165, 1.54) is 21.3 Å². The van der Waals surface area contributed by atoms with Gasteiger partial charge in [-0.3, -0.25) is 9.59 Å². The van der Waals surface area contributed by atoms with E-state index >= 15 is 0 Å². The van der Waals surface area contributed by atoms with E-state index in [0.717, 1.165) is 12.8 Å². The van der Waals surface area contributed by atoms with Crippen molar-refractivity contribution in [3.63, 3.8) is 0 Å². The zero-order chi connectivity index (χ0) is 22.4. The fraction of sp³-hybridized carbons (Fsp3) is 0.478. The highest BCUT2D eigenvalue weighted by molar-refractivity contribution is 5.79. The summed E-state index contributed by atoms with van der Waals surface area (Å²) in [5.41, 5.74) is 0.674. The molecule has 0 bridgehead atoms. The minimum atomic E-state index is -0.960. The summed E-state index contributed by atoms with van der Waals surface area (Å²) >= 11 is 0. The Bertz CT molecular complexity index is 862. The maximum Gasteiger partial charge on any atom is 0.303 e. The van der Waals surface area contributed by atoms with Crippen molar-refractivity contribution in [2.75, 3.05) is 34.4 Å². The molecule has 0 aliphatic carbocycles. The number of carboxylic acid groups (broad SMARTS) is 1. The van der Waals surface area contributed by atoms with Crippen LogP contribution in [0.1, 0.15) is 43.2 Å². The Kier molecular flexibility index (Phi) is 7.44. The van der Waals surface area contributed by atoms with E-state index in [1.807, 2.05) is 17.0 Å². The molecule has 8 heteroatoms. The lowest BCUT2D eigenvalue weighted by Gasteiger charge is -2.33. The molecule has 31 heavy (non-hydrogen) atoms. The molecule has 1 unspecified atom stereocenters. The van der Waals surface area contributed by atoms with E-state index in [1.54, 1.807) is 12.1 Å². The first-order chi connectivity index (χ1) is 15.0. The smallest absolute Gasteiger partial charge is 0.303 e. The van der Waals surface area contributed by atoms with Crippen LogP contribution >= 0.6 is 0 Å². The first-order valence-corrected chi connectivity index (χ1v) is 10.4. The standard InChI is InChI=1S/C23H30N2O6/c1-29-19-12-16(13-20(30-2)23(19)31-3)17(15-22(27)28)14-21(26)25-10-6-18(7-11-25)24-8-4-5-9-24/h4-5,8-9,12-13,17-18H,6-7,10-11,14-15H2,1-3H3,(H,27,28). The molecule has 0 spiro atoms. The van der Waals surface area contributed by atoms with Gasteiger partial charge in [-0.15, -0.1) is 0 Å². The number of hydrogen-bond donors (Lipinski definition) is 1. The first-order valence-electron chi connectivity index (χ1n) is 10.4. The van der Waals surface area contributed by atoms with Crippen LogP contribution < -0.4 is 14.2 Å². The predicted octanol–water partition coefficient (Wildman–Crippen LogP) is 3.33. The van der Waals surface area contributed by atoms with E-state index in [9.17, 15) is 14.7 Å². The summed E-state index contributed by atoms with van der Waals surface area (Å²) in [6.07, 6.45) is 5.82. The minimum Gasteiger partial charge on any atom is -0.493 e. The predicted molar refractivity (Wildman–Crippen MR) is 115 cm³/mol. The Balaban J connectivity index is 1.74. The van der Waals surface area contributed by atoms with Gasteiger partial charge in [0.05, 0.1) is 27.8 Å². The zero-order valence-electron chi connectivity index (χ0n) is 18.2. The number of rotatable bonds is 9. The number of methoxy groups -OCH3 is 3. The Morgan fingerprint density at radius 2 is 1.58 bits per heavy atom. The quantitative estimate of drug-likeness (QED) is 0.656. The average Bonchev–Trinajstić information content (AvgIpc) is 3.32. The molecule has 1 atom stereocenters. The van der Waals surface area contributed by atoms with Crippen molar-refractivity contribution in [1.29, 1.82) is 0 Å². The van der Waals surface area contributed by atoms with Crippen LogP contribution in [-0.4, -0.2) is 60.9 Å². The Labute approximate surface area is 182 Å². The second kappa shape index (κ2) is 10.2. The molecule has 3 rings (SSSR count). The molecule has 1 fully saturated rings. The molecule has 1 aromatic heterocycles. The number of benzene rings is 1. The third-order valence-corrected chi connectivity index (χ3v) is 5.87. The number of piperidine rings is 1. The van der Waals surface area contributed by atoms with Gasteiger partial charge in [-0.1, -0.05) is 0 Å². The molecule has 2 aromatic rings. The number of amides is 1. The maximum absolute atomic E-state index is 13.0. The first kappa shape index (κ1) is 22.5. The molecule has 1 aliphatic heterocycles. The lowest BCUT2D eigenvalue weighted by molar-refractivity contribution is -0.138. The fourth-order valence-electron chi connectivity index (χ4n) is 4.20. The highest BCUT2D eigenvalue weighted by atomic mass is 16.5. The van der Waals surface area contributed by atoms with Crippen LogP contribution in [-0.2, 0) is 9.59 Å². The van der Waals surface area contributed by atoms with Crippen molar-refractivity contribution in [3.8, 4) is 17.2 Å². The summed E-state index contributed by atoms with van der Waals surface area (Å²) < 4.78 is 18.3. The highest BCUT2D eigenvalue weighted by Gasteiger charge is 2.28. The monoisotopic (exact) mass is 430 g/mol. The van der Waals surface area contributed by atoms with Gasteiger partial charge in [0.2, 0.25) is 11.7 Å². The van der Waals surface area contributed by atoms with Gasteiger partial charge in [-0.05, 0) is 42.7 Å². The van der Waals surface area contributed by atoms with Crippen LogP contribution in [0.4, 0.5) is 0 Å². The van der Waals surface area contributed by atoms with Gasteiger partial charge in [0, 0.05) is 43.9 Å². The van der Waals surface area contributed by atoms with Crippen LogP contribution in [0.15, 0.2) is 36.7 Å². The summed E-state index contributed by atoms with van der Waals surface area (Å²) in [6.45, 7) is 1.33. The van der Waals surface area contributed by atoms with Gasteiger partial charge in [-0.2, -0.15) is 0 Å². The molecule has 1 saturated heterocycles. The van der Waals surface area contributed by atoms with Crippen LogP contribution in [0.2, 0.25) is 0 Å². The van der Waals surface area contributed by atoms with E-state index in [0.29, 0.717) is 41.9 Å². The molecule has 1 amide bonds. The van der Waals surface area contributed by atoms with Crippen molar-refractivity contribution in [2.45, 2.75) is 37.6 Å². The summed E-state index contributed by atoms with van der Waals surface area (Å²) in [6, 6.07) is 7.85. The van der Waals surface area contributed by atoms with Gasteiger partial charge >= 0.3 is 5.97 Å². The minimum absolute atomic E-state index is 0.0362. The Hall–Kier alpha value is -3.16. The summed E-state index contributed by atoms with van der Waals surface area (Å²) in [5.74, 6) is -0.189. The van der Waals surface area contributed by atoms with E-state index in [2.05, 4.69) is 17.0 Å². The fourth-order valence-corrected chi connectivity index (χ4v) is 4.20. The average molecular weight is 431 g/mol.